The number of aryl methyl sites for hydroxylation is 1. The maximum Gasteiger partial charge on any atom is 0.293 e. The summed E-state index contributed by atoms with van der Waals surface area (Å²) in [6, 6.07) is 11.9. The molecule has 2 aliphatic rings. The third kappa shape index (κ3) is 12.0. The number of phenols is 1. The summed E-state index contributed by atoms with van der Waals surface area (Å²) < 4.78 is 13.7. The number of anilines is 1. The largest absolute Gasteiger partial charge is 0.508 e. The Labute approximate surface area is 396 Å². The number of hydrogen-bond acceptors (Lipinski definition) is 13. The number of fused-ring (bicyclic) bond motifs is 1. The molecule has 366 valence electrons. The number of nitrogens with zero attached hydrogens (tertiary/aromatic N) is 6. The molecule has 4 aromatic rings. The first-order valence-corrected chi connectivity index (χ1v) is 23.9. The first-order valence-electron chi connectivity index (χ1n) is 23.9. The lowest BCUT2D eigenvalue weighted by Gasteiger charge is -2.37. The maximum atomic E-state index is 14.4. The highest BCUT2D eigenvalue weighted by Gasteiger charge is 2.36. The zero-order valence-electron chi connectivity index (χ0n) is 41.2. The number of pyridine rings is 1. The number of aliphatic hydroxyl groups is 2. The van der Waals surface area contributed by atoms with Crippen molar-refractivity contribution >= 4 is 34.9 Å². The number of rotatable bonds is 20. The first kappa shape index (κ1) is 51.3. The van der Waals surface area contributed by atoms with Crippen molar-refractivity contribution in [1.29, 1.82) is 0 Å². The van der Waals surface area contributed by atoms with E-state index < -0.39 is 29.8 Å². The van der Waals surface area contributed by atoms with Gasteiger partial charge in [0.1, 0.15) is 11.8 Å². The van der Waals surface area contributed by atoms with Crippen LogP contribution in [-0.4, -0.2) is 143 Å². The van der Waals surface area contributed by atoms with Crippen LogP contribution < -0.4 is 15.6 Å². The number of methoxy groups -OCH3 is 1. The van der Waals surface area contributed by atoms with E-state index in [0.717, 1.165) is 95.0 Å². The monoisotopic (exact) mass is 927 g/mol. The molecule has 2 aromatic heterocycles. The van der Waals surface area contributed by atoms with Crippen molar-refractivity contribution in [1.82, 2.24) is 35.1 Å². The average Bonchev–Trinajstić information content (AvgIpc) is 3.61. The quantitative estimate of drug-likeness (QED) is 0.0557. The third-order valence-corrected chi connectivity index (χ3v) is 13.5. The molecule has 0 saturated carbocycles. The minimum atomic E-state index is -1.88. The molecule has 5 N–H and O–H groups in total. The molecular weight excluding hydrogens is 853 g/mol. The lowest BCUT2D eigenvalue weighted by atomic mass is 9.84. The van der Waals surface area contributed by atoms with Crippen LogP contribution in [0.5, 0.6) is 5.75 Å². The highest BCUT2D eigenvalue weighted by Crippen LogP contribution is 2.43. The predicted molar refractivity (Wildman–Crippen MR) is 261 cm³/mol. The number of ether oxygens (including phenoxy) is 2. The van der Waals surface area contributed by atoms with Gasteiger partial charge in [-0.3, -0.25) is 24.4 Å². The standard InChI is InChI=1S/C51H74N8O8/c1-11-37-14-13-17-59(54-37)49(63)43(53-48(62)46(32(3)4)56(9)50(64)65)24-34-22-36(25-39(61)23-34)35-15-16-44-40(26-35)42(28-51(6,7)30-67-31-60)47(58(44)12-2)41-27-38(29-52-45(41)33(5)66-10)57-20-18-55(8)19-21-57/h15-16,22-23,25-27,29,31-33,37,43,46,50,54,61,64-65H,11-14,17-21,24,28,30H2,1-10H3,(H,53,62)/t33-,37+,43-,46-/m0/s1. The molecule has 2 saturated heterocycles. The number of piperazine rings is 1. The van der Waals surface area contributed by atoms with Crippen LogP contribution in [0.4, 0.5) is 5.69 Å². The highest BCUT2D eigenvalue weighted by atomic mass is 16.5. The molecule has 16 heteroatoms. The molecule has 0 aliphatic carbocycles. The normalized spacial score (nSPS) is 17.6. The number of aromatic nitrogens is 2. The van der Waals surface area contributed by atoms with Crippen LogP contribution in [0.3, 0.4) is 0 Å². The molecule has 67 heavy (non-hydrogen) atoms. The number of nitrogens with one attached hydrogen (secondary N) is 2. The molecule has 0 spiro atoms. The number of hydrogen-bond donors (Lipinski definition) is 5. The fourth-order valence-corrected chi connectivity index (χ4v) is 9.79. The van der Waals surface area contributed by atoms with Gasteiger partial charge >= 0.3 is 0 Å². The Kier molecular flexibility index (Phi) is 17.1. The van der Waals surface area contributed by atoms with Crippen LogP contribution in [0.15, 0.2) is 48.7 Å². The maximum absolute atomic E-state index is 14.4. The first-order chi connectivity index (χ1) is 31.9. The van der Waals surface area contributed by atoms with Crippen molar-refractivity contribution in [3.05, 3.63) is 65.5 Å². The molecule has 6 rings (SSSR count). The van der Waals surface area contributed by atoms with E-state index in [9.17, 15) is 29.7 Å². The Morgan fingerprint density at radius 3 is 2.40 bits per heavy atom. The van der Waals surface area contributed by atoms with Crippen LogP contribution in [0.1, 0.15) is 90.7 Å². The summed E-state index contributed by atoms with van der Waals surface area (Å²) in [6.45, 7) is 19.5. The summed E-state index contributed by atoms with van der Waals surface area (Å²) in [5.41, 5.74) is 11.0. The smallest absolute Gasteiger partial charge is 0.293 e. The molecule has 0 bridgehead atoms. The minimum absolute atomic E-state index is 0.000336. The number of likely N-dealkylation sites (N-methyl/N-ethyl adjacent to an activating group) is 2. The van der Waals surface area contributed by atoms with Crippen LogP contribution in [-0.2, 0) is 43.2 Å². The molecule has 2 fully saturated rings. The van der Waals surface area contributed by atoms with Crippen molar-refractivity contribution in [3.63, 3.8) is 0 Å². The lowest BCUT2D eigenvalue weighted by Crippen LogP contribution is -2.61. The van der Waals surface area contributed by atoms with Gasteiger partial charge in [0.2, 0.25) is 12.3 Å². The van der Waals surface area contributed by atoms with E-state index in [0.29, 0.717) is 37.1 Å². The van der Waals surface area contributed by atoms with Crippen molar-refractivity contribution < 1.29 is 39.2 Å². The van der Waals surface area contributed by atoms with Gasteiger partial charge in [0.15, 0.2) is 0 Å². The average molecular weight is 927 g/mol. The van der Waals surface area contributed by atoms with Gasteiger partial charge in [-0.05, 0) is 112 Å². The zero-order valence-corrected chi connectivity index (χ0v) is 41.2. The van der Waals surface area contributed by atoms with Crippen molar-refractivity contribution in [2.75, 3.05) is 65.4 Å². The summed E-state index contributed by atoms with van der Waals surface area (Å²) in [4.78, 5) is 50.9. The van der Waals surface area contributed by atoms with Crippen LogP contribution in [0.2, 0.25) is 0 Å². The fraction of sp³-hybridized carbons (Fsp3) is 0.569. The molecule has 0 radical (unpaired) electrons. The Balaban J connectivity index is 1.48. The van der Waals surface area contributed by atoms with E-state index in [1.165, 1.54) is 7.05 Å². The van der Waals surface area contributed by atoms with E-state index in [1.807, 2.05) is 25.3 Å². The molecule has 4 atom stereocenters. The van der Waals surface area contributed by atoms with Crippen LogP contribution in [0.25, 0.3) is 33.3 Å². The van der Waals surface area contributed by atoms with Gasteiger partial charge < -0.3 is 44.5 Å². The van der Waals surface area contributed by atoms with Gasteiger partial charge in [-0.15, -0.1) is 0 Å². The van der Waals surface area contributed by atoms with Gasteiger partial charge in [-0.1, -0.05) is 46.8 Å². The molecule has 4 heterocycles. The molecular formula is C51H74N8O8. The number of aliphatic hydroxyl groups excluding tert-OH is 1. The second-order valence-electron chi connectivity index (χ2n) is 19.6. The summed E-state index contributed by atoms with van der Waals surface area (Å²) in [5.74, 6) is -1.15. The summed E-state index contributed by atoms with van der Waals surface area (Å²) in [6.07, 6.45) is 2.94. The van der Waals surface area contributed by atoms with E-state index in [1.54, 1.807) is 38.1 Å². The third-order valence-electron chi connectivity index (χ3n) is 13.5. The molecule has 16 nitrogen and oxygen atoms in total. The molecule has 2 amide bonds. The Hall–Kier alpha value is -5.10. The lowest BCUT2D eigenvalue weighted by molar-refractivity contribution is -0.173. The summed E-state index contributed by atoms with van der Waals surface area (Å²) >= 11 is 0. The highest BCUT2D eigenvalue weighted by molar-refractivity contribution is 5.96. The van der Waals surface area contributed by atoms with E-state index >= 15 is 0 Å². The van der Waals surface area contributed by atoms with E-state index in [-0.39, 0.29) is 42.7 Å². The zero-order chi connectivity index (χ0) is 48.7. The van der Waals surface area contributed by atoms with E-state index in [4.69, 9.17) is 14.5 Å². The second-order valence-corrected chi connectivity index (χ2v) is 19.6. The number of carbonyl (C=O) groups is 3. The predicted octanol–water partition coefficient (Wildman–Crippen LogP) is 5.45. The van der Waals surface area contributed by atoms with Gasteiger partial charge in [0.05, 0.1) is 42.0 Å². The minimum Gasteiger partial charge on any atom is -0.508 e. The van der Waals surface area contributed by atoms with Crippen LogP contribution >= 0.6 is 0 Å². The van der Waals surface area contributed by atoms with Crippen molar-refractivity contribution in [3.8, 4) is 28.1 Å². The van der Waals surface area contributed by atoms with Crippen molar-refractivity contribution in [2.24, 2.45) is 11.3 Å². The van der Waals surface area contributed by atoms with Crippen molar-refractivity contribution in [2.45, 2.75) is 118 Å². The van der Waals surface area contributed by atoms with Gasteiger partial charge in [-0.25, -0.2) is 10.3 Å². The molecule has 2 aromatic carbocycles. The molecule has 2 aliphatic heterocycles. The number of carbonyl (C=O) groups excluding carboxylic acids is 3. The number of amides is 2. The number of phenolic OH excluding ortho intramolecular Hbond substituents is 1. The Bertz CT molecular complexity index is 2340. The molecule has 0 unspecified atom stereocenters. The van der Waals surface area contributed by atoms with E-state index in [2.05, 4.69) is 78.1 Å². The van der Waals surface area contributed by atoms with Gasteiger partial charge in [0.25, 0.3) is 12.4 Å². The number of benzene rings is 2. The fourth-order valence-electron chi connectivity index (χ4n) is 9.79. The Morgan fingerprint density at radius 2 is 1.76 bits per heavy atom. The topological polar surface area (TPSA) is 185 Å². The van der Waals surface area contributed by atoms with Gasteiger partial charge in [-0.2, -0.15) is 0 Å². The van der Waals surface area contributed by atoms with Crippen LogP contribution in [0, 0.1) is 11.3 Å². The SMILES string of the molecule is CC[C@@H]1CCCN(C(=O)[C@H](Cc2cc(O)cc(-c3ccc4c(c3)c(CC(C)(C)COC=O)c(-c3cc(N5CCN(C)CC5)cnc3[C@H](C)OC)n4CC)c2)NC(=O)[C@H](C(C)C)N(C)C(O)O)N1. The van der Waals surface area contributed by atoms with Gasteiger partial charge in [0, 0.05) is 80.7 Å². The Morgan fingerprint density at radius 1 is 1.03 bits per heavy atom. The number of aromatic hydroxyl groups is 1. The summed E-state index contributed by atoms with van der Waals surface area (Å²) in [7, 11) is 5.28. The summed E-state index contributed by atoms with van der Waals surface area (Å²) in [5, 5.41) is 37.0. The number of hydrazine groups is 1. The second kappa shape index (κ2) is 22.3.